The van der Waals surface area contributed by atoms with Crippen molar-refractivity contribution in [2.24, 2.45) is 0 Å². The molecule has 0 aliphatic rings. The fourth-order valence-electron chi connectivity index (χ4n) is 1.23. The summed E-state index contributed by atoms with van der Waals surface area (Å²) >= 11 is 7.29. The van der Waals surface area contributed by atoms with Gasteiger partial charge in [0.05, 0.1) is 0 Å². The number of aromatic carboxylic acids is 1. The summed E-state index contributed by atoms with van der Waals surface area (Å²) < 4.78 is 0. The predicted octanol–water partition coefficient (Wildman–Crippen LogP) is 3.47. The van der Waals surface area contributed by atoms with Gasteiger partial charge in [-0.05, 0) is 18.6 Å². The average molecular weight is 254 g/mol. The molecule has 0 aliphatic heterocycles. The lowest BCUT2D eigenvalue weighted by molar-refractivity contribution is 0.0691. The van der Waals surface area contributed by atoms with Gasteiger partial charge < -0.3 is 5.11 Å². The highest BCUT2D eigenvalue weighted by Crippen LogP contribution is 2.27. The lowest BCUT2D eigenvalue weighted by Crippen LogP contribution is -1.95. The van der Waals surface area contributed by atoms with Gasteiger partial charge in [-0.2, -0.15) is 0 Å². The molecule has 0 aliphatic carbocycles. The highest BCUT2D eigenvalue weighted by molar-refractivity contribution is 7.13. The van der Waals surface area contributed by atoms with Crippen LogP contribution in [0.25, 0.3) is 10.6 Å². The van der Waals surface area contributed by atoms with E-state index in [9.17, 15) is 4.79 Å². The highest BCUT2D eigenvalue weighted by atomic mass is 35.5. The number of carboxylic acids is 1. The van der Waals surface area contributed by atoms with E-state index < -0.39 is 5.97 Å². The van der Waals surface area contributed by atoms with Crippen molar-refractivity contribution in [3.63, 3.8) is 0 Å². The first kappa shape index (κ1) is 11.1. The zero-order valence-electron chi connectivity index (χ0n) is 8.40. The number of carboxylic acid groups (broad SMARTS) is 1. The Hall–Kier alpha value is -1.39. The first-order valence-corrected chi connectivity index (χ1v) is 5.79. The Morgan fingerprint density at radius 2 is 2.25 bits per heavy atom. The van der Waals surface area contributed by atoms with Crippen molar-refractivity contribution in [2.45, 2.75) is 6.92 Å². The molecule has 1 N–H and O–H groups in total. The molecule has 0 spiro atoms. The second-order valence-corrected chi connectivity index (χ2v) is 4.57. The molecular weight excluding hydrogens is 246 g/mol. The summed E-state index contributed by atoms with van der Waals surface area (Å²) in [7, 11) is 0. The van der Waals surface area contributed by atoms with E-state index in [-0.39, 0.29) is 5.69 Å². The van der Waals surface area contributed by atoms with E-state index >= 15 is 0 Å². The first-order chi connectivity index (χ1) is 7.58. The van der Waals surface area contributed by atoms with Crippen LogP contribution in [0.3, 0.4) is 0 Å². The van der Waals surface area contributed by atoms with E-state index in [1.165, 1.54) is 16.7 Å². The van der Waals surface area contributed by atoms with E-state index in [2.05, 4.69) is 4.98 Å². The van der Waals surface area contributed by atoms with Crippen LogP contribution in [-0.4, -0.2) is 16.1 Å². The molecule has 0 atom stereocenters. The van der Waals surface area contributed by atoms with Crippen LogP contribution in [0, 0.1) is 6.92 Å². The molecule has 2 rings (SSSR count). The van der Waals surface area contributed by atoms with Crippen LogP contribution >= 0.6 is 22.9 Å². The highest BCUT2D eigenvalue weighted by Gasteiger charge is 2.10. The molecule has 1 aromatic carbocycles. The number of hydrogen-bond donors (Lipinski definition) is 1. The quantitative estimate of drug-likeness (QED) is 0.892. The standard InChI is InChI=1S/C11H8ClNO2S/c1-6-2-3-7(4-8(6)12)10-13-9(5-16-10)11(14)15/h2-5H,1H3,(H,14,15). The monoisotopic (exact) mass is 253 g/mol. The molecule has 0 unspecified atom stereocenters. The second kappa shape index (κ2) is 4.23. The maximum Gasteiger partial charge on any atom is 0.355 e. The van der Waals surface area contributed by atoms with E-state index in [1.807, 2.05) is 19.1 Å². The molecule has 82 valence electrons. The summed E-state index contributed by atoms with van der Waals surface area (Å²) in [5.74, 6) is -1.01. The van der Waals surface area contributed by atoms with Gasteiger partial charge in [0.1, 0.15) is 5.01 Å². The Bertz CT molecular complexity index is 551. The normalized spacial score (nSPS) is 10.4. The van der Waals surface area contributed by atoms with Gasteiger partial charge in [0.15, 0.2) is 5.69 Å². The van der Waals surface area contributed by atoms with E-state index in [1.54, 1.807) is 6.07 Å². The van der Waals surface area contributed by atoms with Crippen molar-refractivity contribution in [2.75, 3.05) is 0 Å². The van der Waals surface area contributed by atoms with Crippen molar-refractivity contribution in [3.8, 4) is 10.6 Å². The minimum atomic E-state index is -1.01. The van der Waals surface area contributed by atoms with Gasteiger partial charge in [0.25, 0.3) is 0 Å². The zero-order valence-corrected chi connectivity index (χ0v) is 9.97. The van der Waals surface area contributed by atoms with E-state index in [0.717, 1.165) is 11.1 Å². The molecule has 0 saturated carbocycles. The van der Waals surface area contributed by atoms with Gasteiger partial charge in [-0.3, -0.25) is 0 Å². The lowest BCUT2D eigenvalue weighted by Gasteiger charge is -2.00. The lowest BCUT2D eigenvalue weighted by atomic mass is 10.1. The van der Waals surface area contributed by atoms with Crippen LogP contribution in [0.4, 0.5) is 0 Å². The third-order valence-electron chi connectivity index (χ3n) is 2.14. The molecular formula is C11H8ClNO2S. The number of halogens is 1. The minimum absolute atomic E-state index is 0.0664. The fraction of sp³-hybridized carbons (Fsp3) is 0.0909. The van der Waals surface area contributed by atoms with Crippen LogP contribution < -0.4 is 0 Å². The summed E-state index contributed by atoms with van der Waals surface area (Å²) in [6, 6.07) is 5.56. The molecule has 0 radical (unpaired) electrons. The van der Waals surface area contributed by atoms with Crippen LogP contribution in [-0.2, 0) is 0 Å². The number of benzene rings is 1. The number of aryl methyl sites for hydroxylation is 1. The summed E-state index contributed by atoms with van der Waals surface area (Å²) in [4.78, 5) is 14.7. The number of carbonyl (C=O) groups is 1. The summed E-state index contributed by atoms with van der Waals surface area (Å²) in [6.45, 7) is 1.91. The van der Waals surface area contributed by atoms with Gasteiger partial charge in [-0.15, -0.1) is 11.3 Å². The third kappa shape index (κ3) is 2.08. The molecule has 16 heavy (non-hydrogen) atoms. The van der Waals surface area contributed by atoms with Gasteiger partial charge >= 0.3 is 5.97 Å². The Kier molecular flexibility index (Phi) is 2.94. The summed E-state index contributed by atoms with van der Waals surface area (Å²) in [5, 5.41) is 11.6. The predicted molar refractivity (Wildman–Crippen MR) is 64.3 cm³/mol. The van der Waals surface area contributed by atoms with Crippen LogP contribution in [0.2, 0.25) is 5.02 Å². The molecule has 1 heterocycles. The molecule has 0 amide bonds. The number of aromatic nitrogens is 1. The van der Waals surface area contributed by atoms with Crippen LogP contribution in [0.15, 0.2) is 23.6 Å². The third-order valence-corrected chi connectivity index (χ3v) is 3.44. The van der Waals surface area contributed by atoms with Crippen LogP contribution in [0.5, 0.6) is 0 Å². The molecule has 0 saturated heterocycles. The average Bonchev–Trinajstić information content (AvgIpc) is 2.71. The van der Waals surface area contributed by atoms with Gasteiger partial charge in [0, 0.05) is 16.0 Å². The number of thiazole rings is 1. The summed E-state index contributed by atoms with van der Waals surface area (Å²) in [5.41, 5.74) is 1.89. The van der Waals surface area contributed by atoms with Crippen molar-refractivity contribution < 1.29 is 9.90 Å². The molecule has 0 bridgehead atoms. The van der Waals surface area contributed by atoms with E-state index in [0.29, 0.717) is 10.0 Å². The largest absolute Gasteiger partial charge is 0.476 e. The molecule has 0 fully saturated rings. The fourth-order valence-corrected chi connectivity index (χ4v) is 2.20. The van der Waals surface area contributed by atoms with Crippen molar-refractivity contribution in [1.29, 1.82) is 0 Å². The van der Waals surface area contributed by atoms with Gasteiger partial charge in [0.2, 0.25) is 0 Å². The van der Waals surface area contributed by atoms with Gasteiger partial charge in [-0.25, -0.2) is 9.78 Å². The Morgan fingerprint density at radius 1 is 1.50 bits per heavy atom. The maximum absolute atomic E-state index is 10.7. The zero-order chi connectivity index (χ0) is 11.7. The van der Waals surface area contributed by atoms with Crippen molar-refractivity contribution in [1.82, 2.24) is 4.98 Å². The molecule has 3 nitrogen and oxygen atoms in total. The summed E-state index contributed by atoms with van der Waals surface area (Å²) in [6.07, 6.45) is 0. The van der Waals surface area contributed by atoms with Crippen molar-refractivity contribution in [3.05, 3.63) is 39.9 Å². The Balaban J connectivity index is 2.42. The number of nitrogens with zero attached hydrogens (tertiary/aromatic N) is 1. The maximum atomic E-state index is 10.7. The SMILES string of the molecule is Cc1ccc(-c2nc(C(=O)O)cs2)cc1Cl. The van der Waals surface area contributed by atoms with Gasteiger partial charge in [-0.1, -0.05) is 23.7 Å². The molecule has 2 aromatic rings. The minimum Gasteiger partial charge on any atom is -0.476 e. The topological polar surface area (TPSA) is 50.2 Å². The van der Waals surface area contributed by atoms with Crippen molar-refractivity contribution >= 4 is 28.9 Å². The molecule has 5 heteroatoms. The Morgan fingerprint density at radius 3 is 2.81 bits per heavy atom. The second-order valence-electron chi connectivity index (χ2n) is 3.31. The number of hydrogen-bond acceptors (Lipinski definition) is 3. The van der Waals surface area contributed by atoms with E-state index in [4.69, 9.17) is 16.7 Å². The van der Waals surface area contributed by atoms with Crippen LogP contribution in [0.1, 0.15) is 16.1 Å². The first-order valence-electron chi connectivity index (χ1n) is 4.53. The number of rotatable bonds is 2. The Labute approximate surface area is 101 Å². The smallest absolute Gasteiger partial charge is 0.355 e. The molecule has 1 aromatic heterocycles.